The lowest BCUT2D eigenvalue weighted by molar-refractivity contribution is -0.129. The van der Waals surface area contributed by atoms with E-state index in [0.717, 1.165) is 5.75 Å². The van der Waals surface area contributed by atoms with E-state index in [0.29, 0.717) is 36.1 Å². The third-order valence-electron chi connectivity index (χ3n) is 5.37. The number of aliphatic hydroxyl groups excluding tert-OH is 1. The summed E-state index contributed by atoms with van der Waals surface area (Å²) in [7, 11) is 1.31. The highest BCUT2D eigenvalue weighted by Gasteiger charge is 2.31. The van der Waals surface area contributed by atoms with Crippen molar-refractivity contribution in [1.82, 2.24) is 14.3 Å². The van der Waals surface area contributed by atoms with Gasteiger partial charge in [0.2, 0.25) is 20.1 Å². The average molecular weight is 523 g/mol. The van der Waals surface area contributed by atoms with E-state index in [1.807, 2.05) is 42.2 Å². The molecule has 1 aliphatic heterocycles. The average Bonchev–Trinajstić information content (AvgIpc) is 3.28. The van der Waals surface area contributed by atoms with Crippen molar-refractivity contribution in [1.29, 1.82) is 0 Å². The summed E-state index contributed by atoms with van der Waals surface area (Å²) in [5.74, 6) is 0.426. The minimum absolute atomic E-state index is 0.108. The lowest BCUT2D eigenvalue weighted by atomic mass is 10.1. The number of amides is 1. The molecule has 9 nitrogen and oxygen atoms in total. The van der Waals surface area contributed by atoms with Gasteiger partial charge < -0.3 is 19.6 Å². The van der Waals surface area contributed by atoms with Gasteiger partial charge in [-0.15, -0.1) is 0 Å². The molecule has 34 heavy (non-hydrogen) atoms. The minimum atomic E-state index is -3.90. The maximum absolute atomic E-state index is 12.2. The van der Waals surface area contributed by atoms with Crippen molar-refractivity contribution in [2.75, 3.05) is 30.3 Å². The number of nitrogens with zero attached hydrogens (tertiary/aromatic N) is 4. The van der Waals surface area contributed by atoms with Crippen LogP contribution in [-0.2, 0) is 13.8 Å². The van der Waals surface area contributed by atoms with Crippen molar-refractivity contribution in [2.45, 2.75) is 19.1 Å². The molecule has 1 saturated heterocycles. The fraction of sp³-hybridized carbons (Fsp3) is 0.318. The Hall–Kier alpha value is -2.73. The first-order valence-electron chi connectivity index (χ1n) is 10.5. The van der Waals surface area contributed by atoms with Crippen molar-refractivity contribution < 1.29 is 23.1 Å². The van der Waals surface area contributed by atoms with Crippen LogP contribution < -0.4 is 9.64 Å². The Bertz CT molecular complexity index is 1240. The van der Waals surface area contributed by atoms with Gasteiger partial charge in [-0.3, -0.25) is 4.79 Å². The SMILES string of the molecule is CC1CN(C(=O)CS(=O)(=O)Cl)CCN1c1nc(C(O)c2ccc(Oc3ccccc3)cc2)ns1. The molecule has 1 fully saturated rings. The van der Waals surface area contributed by atoms with Gasteiger partial charge in [-0.05, 0) is 36.8 Å². The molecule has 2 unspecified atom stereocenters. The van der Waals surface area contributed by atoms with Crippen LogP contribution in [0.2, 0.25) is 0 Å². The molecule has 1 aliphatic rings. The number of para-hydroxylation sites is 1. The number of aromatic nitrogens is 2. The van der Waals surface area contributed by atoms with Crippen LogP contribution in [0.15, 0.2) is 54.6 Å². The zero-order valence-corrected chi connectivity index (χ0v) is 20.6. The van der Waals surface area contributed by atoms with Crippen molar-refractivity contribution in [3.63, 3.8) is 0 Å². The van der Waals surface area contributed by atoms with Gasteiger partial charge in [-0.25, -0.2) is 13.4 Å². The summed E-state index contributed by atoms with van der Waals surface area (Å²) in [6.07, 6.45) is -0.997. The summed E-state index contributed by atoms with van der Waals surface area (Å²) >= 11 is 1.17. The molecule has 0 radical (unpaired) electrons. The molecular formula is C22H23ClN4O5S2. The maximum atomic E-state index is 12.2. The second-order valence-electron chi connectivity index (χ2n) is 7.89. The molecule has 4 rings (SSSR count). The summed E-state index contributed by atoms with van der Waals surface area (Å²) in [4.78, 5) is 20.1. The number of halogens is 1. The molecule has 1 aromatic heterocycles. The predicted molar refractivity (Wildman–Crippen MR) is 130 cm³/mol. The van der Waals surface area contributed by atoms with Crippen molar-refractivity contribution in [3.8, 4) is 11.5 Å². The molecular weight excluding hydrogens is 500 g/mol. The second kappa shape index (κ2) is 10.3. The van der Waals surface area contributed by atoms with Crippen LogP contribution in [0, 0.1) is 0 Å². The Labute approximate surface area is 206 Å². The fourth-order valence-electron chi connectivity index (χ4n) is 3.65. The molecule has 0 aliphatic carbocycles. The highest BCUT2D eigenvalue weighted by Crippen LogP contribution is 2.29. The molecule has 2 heterocycles. The van der Waals surface area contributed by atoms with E-state index in [1.54, 1.807) is 24.3 Å². The predicted octanol–water partition coefficient (Wildman–Crippen LogP) is 3.02. The topological polar surface area (TPSA) is 113 Å². The number of hydrogen-bond donors (Lipinski definition) is 1. The number of benzene rings is 2. The summed E-state index contributed by atoms with van der Waals surface area (Å²) in [5.41, 5.74) is 0.635. The van der Waals surface area contributed by atoms with Gasteiger partial charge in [0.1, 0.15) is 23.4 Å². The van der Waals surface area contributed by atoms with Gasteiger partial charge in [-0.1, -0.05) is 30.3 Å². The number of rotatable bonds is 7. The highest BCUT2D eigenvalue weighted by molar-refractivity contribution is 8.14. The van der Waals surface area contributed by atoms with Crippen LogP contribution in [0.4, 0.5) is 5.13 Å². The van der Waals surface area contributed by atoms with E-state index in [2.05, 4.69) is 9.36 Å². The van der Waals surface area contributed by atoms with Gasteiger partial charge in [0, 0.05) is 47.9 Å². The standard InChI is InChI=1S/C22H23ClN4O5S2/c1-15-13-26(19(28)14-34(23,30)31)11-12-27(15)22-24-21(25-33-22)20(29)16-7-9-18(10-8-16)32-17-5-3-2-4-6-17/h2-10,15,20,29H,11-14H2,1H3. The largest absolute Gasteiger partial charge is 0.457 e. The Balaban J connectivity index is 1.38. The van der Waals surface area contributed by atoms with Crippen LogP contribution in [-0.4, -0.2) is 65.1 Å². The quantitative estimate of drug-likeness (QED) is 0.471. The molecule has 1 N–H and O–H groups in total. The maximum Gasteiger partial charge on any atom is 0.241 e. The second-order valence-corrected chi connectivity index (χ2v) is 11.4. The third-order valence-corrected chi connectivity index (χ3v) is 7.06. The Morgan fingerprint density at radius 2 is 1.85 bits per heavy atom. The van der Waals surface area contributed by atoms with E-state index in [4.69, 9.17) is 15.4 Å². The summed E-state index contributed by atoms with van der Waals surface area (Å²) in [5, 5.41) is 11.4. The normalized spacial score (nSPS) is 17.4. The highest BCUT2D eigenvalue weighted by atomic mass is 35.7. The van der Waals surface area contributed by atoms with Gasteiger partial charge >= 0.3 is 0 Å². The zero-order valence-electron chi connectivity index (χ0n) is 18.2. The molecule has 1 amide bonds. The van der Waals surface area contributed by atoms with Crippen LogP contribution in [0.5, 0.6) is 11.5 Å². The molecule has 180 valence electrons. The first-order chi connectivity index (χ1) is 16.2. The van der Waals surface area contributed by atoms with Crippen molar-refractivity contribution in [3.05, 3.63) is 66.0 Å². The molecule has 0 saturated carbocycles. The summed E-state index contributed by atoms with van der Waals surface area (Å²) in [6, 6.07) is 16.4. The number of anilines is 1. The molecule has 2 atom stereocenters. The monoisotopic (exact) mass is 522 g/mol. The van der Waals surface area contributed by atoms with Crippen LogP contribution in [0.1, 0.15) is 24.4 Å². The first kappa shape index (κ1) is 24.4. The van der Waals surface area contributed by atoms with Crippen molar-refractivity contribution in [2.24, 2.45) is 0 Å². The lowest BCUT2D eigenvalue weighted by Gasteiger charge is -2.39. The number of hydrogen-bond acceptors (Lipinski definition) is 9. The van der Waals surface area contributed by atoms with Gasteiger partial charge in [0.25, 0.3) is 0 Å². The third kappa shape index (κ3) is 6.03. The van der Waals surface area contributed by atoms with Gasteiger partial charge in [-0.2, -0.15) is 4.37 Å². The van der Waals surface area contributed by atoms with Gasteiger partial charge in [0.15, 0.2) is 5.82 Å². The van der Waals surface area contributed by atoms with E-state index in [1.165, 1.54) is 16.4 Å². The van der Waals surface area contributed by atoms with E-state index < -0.39 is 26.8 Å². The summed E-state index contributed by atoms with van der Waals surface area (Å²) < 4.78 is 32.5. The van der Waals surface area contributed by atoms with E-state index in [9.17, 15) is 18.3 Å². The number of ether oxygens (including phenoxy) is 1. The van der Waals surface area contributed by atoms with Crippen molar-refractivity contribution >= 4 is 42.3 Å². The minimum Gasteiger partial charge on any atom is -0.457 e. The van der Waals surface area contributed by atoms with E-state index in [-0.39, 0.29) is 11.9 Å². The Kier molecular flexibility index (Phi) is 7.36. The van der Waals surface area contributed by atoms with Crippen LogP contribution in [0.25, 0.3) is 0 Å². The Morgan fingerprint density at radius 3 is 2.50 bits per heavy atom. The lowest BCUT2D eigenvalue weighted by Crippen LogP contribution is -2.54. The van der Waals surface area contributed by atoms with Crippen LogP contribution >= 0.6 is 22.2 Å². The number of piperazine rings is 1. The Morgan fingerprint density at radius 1 is 1.18 bits per heavy atom. The summed E-state index contributed by atoms with van der Waals surface area (Å²) in [6.45, 7) is 3.06. The smallest absolute Gasteiger partial charge is 0.241 e. The number of carbonyl (C=O) groups excluding carboxylic acids is 1. The number of aliphatic hydroxyl groups is 1. The van der Waals surface area contributed by atoms with Crippen LogP contribution in [0.3, 0.4) is 0 Å². The molecule has 3 aromatic rings. The first-order valence-corrected chi connectivity index (χ1v) is 13.8. The fourth-order valence-corrected chi connectivity index (χ4v) is 5.24. The molecule has 0 spiro atoms. The number of carbonyl (C=O) groups is 1. The molecule has 2 aromatic carbocycles. The van der Waals surface area contributed by atoms with Gasteiger partial charge in [0.05, 0.1) is 0 Å². The van der Waals surface area contributed by atoms with E-state index >= 15 is 0 Å². The zero-order chi connectivity index (χ0) is 24.3. The molecule has 12 heteroatoms. The molecule has 0 bridgehead atoms.